The lowest BCUT2D eigenvalue weighted by atomic mass is 10.1. The molecule has 2 atom stereocenters. The van der Waals surface area contributed by atoms with E-state index >= 15 is 0 Å². The fourth-order valence-corrected chi connectivity index (χ4v) is 2.45. The molecule has 21 heavy (non-hydrogen) atoms. The van der Waals surface area contributed by atoms with Crippen molar-refractivity contribution >= 4 is 45.2 Å². The Bertz CT molecular complexity index is 614. The maximum atomic E-state index is 6.15. The second-order valence-corrected chi connectivity index (χ2v) is 5.27. The van der Waals surface area contributed by atoms with Gasteiger partial charge >= 0.3 is 0 Å². The van der Waals surface area contributed by atoms with Crippen molar-refractivity contribution in [3.63, 3.8) is 0 Å². The second-order valence-electron chi connectivity index (χ2n) is 4.20. The number of hydrogen-bond acceptors (Lipinski definition) is 1. The van der Waals surface area contributed by atoms with Gasteiger partial charge in [0, 0.05) is 45.2 Å². The van der Waals surface area contributed by atoms with Crippen molar-refractivity contribution < 1.29 is 4.74 Å². The number of rotatable bonds is 4. The summed E-state index contributed by atoms with van der Waals surface area (Å²) < 4.78 is 12.0. The molecule has 0 amide bonds. The van der Waals surface area contributed by atoms with Gasteiger partial charge in [-0.05, 0) is 19.0 Å². The molecule has 1 nitrogen and oxygen atoms in total. The third-order valence-corrected chi connectivity index (χ3v) is 3.47. The molecule has 104 valence electrons. The van der Waals surface area contributed by atoms with Gasteiger partial charge in [0.2, 0.25) is 0 Å². The zero-order valence-electron chi connectivity index (χ0n) is 11.1. The van der Waals surface area contributed by atoms with E-state index in [1.165, 1.54) is 0 Å². The van der Waals surface area contributed by atoms with Crippen LogP contribution in [0.2, 0.25) is 0 Å². The van der Waals surface area contributed by atoms with Crippen molar-refractivity contribution in [3.8, 4) is 19.7 Å². The maximum absolute atomic E-state index is 6.15. The molecule has 0 heterocycles. The number of benzene rings is 2. The summed E-state index contributed by atoms with van der Waals surface area (Å²) in [5, 5.41) is 0. The van der Waals surface area contributed by atoms with E-state index in [9.17, 15) is 0 Å². The van der Waals surface area contributed by atoms with E-state index in [2.05, 4.69) is 19.7 Å². The zero-order chi connectivity index (χ0) is 14.9. The molecule has 2 rings (SSSR count). The highest BCUT2D eigenvalue weighted by atomic mass is 127. The average molecular weight is 498 g/mol. The number of hydrogen-bond donors (Lipinski definition) is 0. The van der Waals surface area contributed by atoms with Crippen LogP contribution in [0, 0.1) is 19.7 Å². The maximum Gasteiger partial charge on any atom is 0.146 e. The highest BCUT2D eigenvalue weighted by Gasteiger charge is 2.16. The second kappa shape index (κ2) is 9.09. The Kier molecular flexibility index (Phi) is 7.08. The van der Waals surface area contributed by atoms with Crippen molar-refractivity contribution in [3.05, 3.63) is 71.8 Å². The molecule has 2 aromatic carbocycles. The molecule has 2 unspecified atom stereocenters. The van der Waals surface area contributed by atoms with Gasteiger partial charge in [0.1, 0.15) is 12.2 Å². The van der Waals surface area contributed by atoms with E-state index in [-0.39, 0.29) is 12.2 Å². The molecule has 3 heteroatoms. The highest BCUT2D eigenvalue weighted by Crippen LogP contribution is 2.26. The van der Waals surface area contributed by atoms with Gasteiger partial charge in [-0.1, -0.05) is 72.5 Å². The molecule has 0 aliphatic carbocycles. The van der Waals surface area contributed by atoms with Gasteiger partial charge in [-0.15, -0.1) is 0 Å². The van der Waals surface area contributed by atoms with E-state index in [0.717, 1.165) is 11.1 Å². The first-order valence-corrected chi connectivity index (χ1v) is 8.48. The lowest BCUT2D eigenvalue weighted by Crippen LogP contribution is -2.08. The molecule has 0 bridgehead atoms. The van der Waals surface area contributed by atoms with Crippen LogP contribution in [0.5, 0.6) is 0 Å². The minimum Gasteiger partial charge on any atom is -0.340 e. The van der Waals surface area contributed by atoms with Gasteiger partial charge in [-0.25, -0.2) is 0 Å². The molecule has 2 aromatic rings. The van der Waals surface area contributed by atoms with Gasteiger partial charge in [-0.2, -0.15) is 0 Å². The Balaban J connectivity index is 2.28. The van der Waals surface area contributed by atoms with Gasteiger partial charge in [0.25, 0.3) is 0 Å². The van der Waals surface area contributed by atoms with E-state index in [4.69, 9.17) is 4.74 Å². The molecule has 0 saturated heterocycles. The normalized spacial score (nSPS) is 12.3. The minimum atomic E-state index is -0.287. The lowest BCUT2D eigenvalue weighted by Gasteiger charge is -2.18. The van der Waals surface area contributed by atoms with Crippen molar-refractivity contribution in [1.82, 2.24) is 0 Å². The SMILES string of the molecule is IC#CC(OC(C#CI)c1ccccc1)c1ccccc1. The molecule has 0 aromatic heterocycles. The Morgan fingerprint density at radius 1 is 0.667 bits per heavy atom. The van der Waals surface area contributed by atoms with E-state index in [1.807, 2.05) is 106 Å². The van der Waals surface area contributed by atoms with Gasteiger partial charge in [-0.3, -0.25) is 0 Å². The Morgan fingerprint density at radius 2 is 1.05 bits per heavy atom. The lowest BCUT2D eigenvalue weighted by molar-refractivity contribution is 0.0516. The largest absolute Gasteiger partial charge is 0.340 e. The number of halogens is 2. The first-order chi connectivity index (χ1) is 10.3. The summed E-state index contributed by atoms with van der Waals surface area (Å²) in [4.78, 5) is 0. The fourth-order valence-electron chi connectivity index (χ4n) is 1.88. The van der Waals surface area contributed by atoms with Crippen molar-refractivity contribution in [2.45, 2.75) is 12.2 Å². The van der Waals surface area contributed by atoms with E-state index in [0.29, 0.717) is 0 Å². The van der Waals surface area contributed by atoms with E-state index < -0.39 is 0 Å². The summed E-state index contributed by atoms with van der Waals surface area (Å²) in [7, 11) is 0. The fraction of sp³-hybridized carbons (Fsp3) is 0.111. The van der Waals surface area contributed by atoms with Gasteiger partial charge in [0.15, 0.2) is 0 Å². The predicted octanol–water partition coefficient (Wildman–Crippen LogP) is 5.28. The molecule has 0 spiro atoms. The standard InChI is InChI=1S/C18H12I2O/c19-13-11-17(15-7-3-1-4-8-15)21-18(12-14-20)16-9-5-2-6-10-16/h1-10,17-18H. The van der Waals surface area contributed by atoms with Crippen LogP contribution < -0.4 is 0 Å². The summed E-state index contributed by atoms with van der Waals surface area (Å²) >= 11 is 4.07. The molecule has 0 radical (unpaired) electrons. The Hall–Kier alpha value is -1.02. The molecule has 0 aliphatic rings. The molecular formula is C18H12I2O. The zero-order valence-corrected chi connectivity index (χ0v) is 15.4. The van der Waals surface area contributed by atoms with Crippen LogP contribution in [-0.4, -0.2) is 0 Å². The minimum absolute atomic E-state index is 0.287. The van der Waals surface area contributed by atoms with Crippen molar-refractivity contribution in [2.24, 2.45) is 0 Å². The smallest absolute Gasteiger partial charge is 0.146 e. The van der Waals surface area contributed by atoms with Crippen LogP contribution in [0.1, 0.15) is 23.3 Å². The summed E-state index contributed by atoms with van der Waals surface area (Å²) in [5.41, 5.74) is 2.08. The van der Waals surface area contributed by atoms with Crippen LogP contribution in [0.4, 0.5) is 0 Å². The topological polar surface area (TPSA) is 9.23 Å². The molecular weight excluding hydrogens is 486 g/mol. The predicted molar refractivity (Wildman–Crippen MR) is 103 cm³/mol. The van der Waals surface area contributed by atoms with Crippen LogP contribution >= 0.6 is 45.2 Å². The van der Waals surface area contributed by atoms with Crippen LogP contribution in [-0.2, 0) is 4.74 Å². The van der Waals surface area contributed by atoms with Crippen LogP contribution in [0.3, 0.4) is 0 Å². The Labute approximate surface area is 152 Å². The summed E-state index contributed by atoms with van der Waals surface area (Å²) in [6.07, 6.45) is -0.573. The van der Waals surface area contributed by atoms with E-state index in [1.54, 1.807) is 0 Å². The van der Waals surface area contributed by atoms with Crippen LogP contribution in [0.15, 0.2) is 60.7 Å². The van der Waals surface area contributed by atoms with Crippen LogP contribution in [0.25, 0.3) is 0 Å². The molecule has 0 saturated carbocycles. The summed E-state index contributed by atoms with van der Waals surface area (Å²) in [6.45, 7) is 0. The monoisotopic (exact) mass is 498 g/mol. The van der Waals surface area contributed by atoms with Gasteiger partial charge < -0.3 is 4.74 Å². The first-order valence-electron chi connectivity index (χ1n) is 6.33. The van der Waals surface area contributed by atoms with Crippen molar-refractivity contribution in [2.75, 3.05) is 0 Å². The summed E-state index contributed by atoms with van der Waals surface area (Å²) in [5.74, 6) is 6.20. The van der Waals surface area contributed by atoms with Crippen molar-refractivity contribution in [1.29, 1.82) is 0 Å². The molecule has 0 fully saturated rings. The quantitative estimate of drug-likeness (QED) is 0.412. The first kappa shape index (κ1) is 16.4. The number of ether oxygens (including phenoxy) is 1. The van der Waals surface area contributed by atoms with Gasteiger partial charge in [0.05, 0.1) is 0 Å². The third kappa shape index (κ3) is 5.03. The molecule has 0 aliphatic heterocycles. The third-order valence-electron chi connectivity index (χ3n) is 2.85. The summed E-state index contributed by atoms with van der Waals surface area (Å²) in [6, 6.07) is 20.0. The highest BCUT2D eigenvalue weighted by molar-refractivity contribution is 14.1. The molecule has 0 N–H and O–H groups in total. The average Bonchev–Trinajstić information content (AvgIpc) is 2.55. The Morgan fingerprint density at radius 3 is 1.38 bits per heavy atom.